The van der Waals surface area contributed by atoms with Gasteiger partial charge in [-0.2, -0.15) is 5.10 Å². The summed E-state index contributed by atoms with van der Waals surface area (Å²) in [5.74, 6) is 0. The molecular weight excluding hydrogens is 244 g/mol. The second kappa shape index (κ2) is 6.01. The van der Waals surface area contributed by atoms with Gasteiger partial charge in [0.1, 0.15) is 5.69 Å². The average molecular weight is 260 g/mol. The second-order valence-electron chi connectivity index (χ2n) is 4.04. The number of carbonyl (C=O) groups excluding carboxylic acids is 1. The van der Waals surface area contributed by atoms with Gasteiger partial charge in [-0.25, -0.2) is 4.79 Å². The van der Waals surface area contributed by atoms with Gasteiger partial charge < -0.3 is 15.7 Å². The van der Waals surface area contributed by atoms with Crippen LogP contribution in [-0.4, -0.2) is 34.1 Å². The molecule has 0 atom stereocenters. The van der Waals surface area contributed by atoms with Crippen molar-refractivity contribution in [1.82, 2.24) is 15.1 Å². The molecule has 2 amide bonds. The lowest BCUT2D eigenvalue weighted by molar-refractivity contribution is 0.245. The number of aromatic nitrogens is 2. The maximum Gasteiger partial charge on any atom is 0.319 e. The Kier molecular flexibility index (Phi) is 4.15. The van der Waals surface area contributed by atoms with Crippen molar-refractivity contribution < 1.29 is 9.90 Å². The van der Waals surface area contributed by atoms with Gasteiger partial charge in [-0.3, -0.25) is 4.68 Å². The van der Waals surface area contributed by atoms with Crippen LogP contribution in [0.3, 0.4) is 0 Å². The van der Waals surface area contributed by atoms with Crippen LogP contribution in [0.4, 0.5) is 10.5 Å². The SMILES string of the molecule is Cn1cc(NC(=O)NCCO)c(-c2ccccc2)n1. The maximum atomic E-state index is 11.6. The summed E-state index contributed by atoms with van der Waals surface area (Å²) in [6, 6.07) is 9.25. The van der Waals surface area contributed by atoms with Crippen molar-refractivity contribution in [2.45, 2.75) is 0 Å². The molecule has 1 heterocycles. The molecule has 2 rings (SSSR count). The molecule has 0 saturated heterocycles. The van der Waals surface area contributed by atoms with Gasteiger partial charge >= 0.3 is 6.03 Å². The molecule has 0 saturated carbocycles. The first kappa shape index (κ1) is 13.1. The van der Waals surface area contributed by atoms with Crippen LogP contribution in [-0.2, 0) is 7.05 Å². The Labute approximate surface area is 111 Å². The number of amides is 2. The highest BCUT2D eigenvalue weighted by atomic mass is 16.3. The van der Waals surface area contributed by atoms with Crippen molar-refractivity contribution in [2.75, 3.05) is 18.5 Å². The molecule has 0 spiro atoms. The topological polar surface area (TPSA) is 79.2 Å². The Hall–Kier alpha value is -2.34. The van der Waals surface area contributed by atoms with Crippen LogP contribution in [0, 0.1) is 0 Å². The van der Waals surface area contributed by atoms with E-state index in [4.69, 9.17) is 5.11 Å². The minimum Gasteiger partial charge on any atom is -0.395 e. The van der Waals surface area contributed by atoms with Crippen molar-refractivity contribution in [3.05, 3.63) is 36.5 Å². The summed E-state index contributed by atoms with van der Waals surface area (Å²) in [5.41, 5.74) is 2.27. The minimum absolute atomic E-state index is 0.0913. The largest absolute Gasteiger partial charge is 0.395 e. The summed E-state index contributed by atoms with van der Waals surface area (Å²) >= 11 is 0. The number of aryl methyl sites for hydroxylation is 1. The lowest BCUT2D eigenvalue weighted by Crippen LogP contribution is -2.31. The van der Waals surface area contributed by atoms with E-state index in [0.717, 1.165) is 5.56 Å². The molecule has 0 aliphatic heterocycles. The molecule has 6 heteroatoms. The normalized spacial score (nSPS) is 10.2. The molecule has 0 fully saturated rings. The van der Waals surface area contributed by atoms with E-state index < -0.39 is 0 Å². The molecule has 6 nitrogen and oxygen atoms in total. The smallest absolute Gasteiger partial charge is 0.319 e. The summed E-state index contributed by atoms with van der Waals surface area (Å²) in [7, 11) is 1.79. The number of aliphatic hydroxyl groups excluding tert-OH is 1. The Bertz CT molecular complexity index is 551. The van der Waals surface area contributed by atoms with Crippen LogP contribution in [0.15, 0.2) is 36.5 Å². The van der Waals surface area contributed by atoms with Gasteiger partial charge in [-0.05, 0) is 0 Å². The quantitative estimate of drug-likeness (QED) is 0.773. The zero-order chi connectivity index (χ0) is 13.7. The molecule has 2 aromatic rings. The third-order valence-electron chi connectivity index (χ3n) is 2.52. The van der Waals surface area contributed by atoms with Crippen LogP contribution in [0.5, 0.6) is 0 Å². The van der Waals surface area contributed by atoms with Crippen molar-refractivity contribution >= 4 is 11.7 Å². The monoisotopic (exact) mass is 260 g/mol. The lowest BCUT2D eigenvalue weighted by atomic mass is 10.1. The molecule has 0 radical (unpaired) electrons. The fourth-order valence-electron chi connectivity index (χ4n) is 1.73. The van der Waals surface area contributed by atoms with Crippen molar-refractivity contribution in [1.29, 1.82) is 0 Å². The maximum absolute atomic E-state index is 11.6. The predicted molar refractivity (Wildman–Crippen MR) is 72.8 cm³/mol. The molecule has 1 aromatic heterocycles. The fraction of sp³-hybridized carbons (Fsp3) is 0.231. The molecule has 0 unspecified atom stereocenters. The molecule has 0 bridgehead atoms. The zero-order valence-corrected chi connectivity index (χ0v) is 10.6. The third-order valence-corrected chi connectivity index (χ3v) is 2.52. The van der Waals surface area contributed by atoms with E-state index in [-0.39, 0.29) is 19.2 Å². The summed E-state index contributed by atoms with van der Waals surface area (Å²) in [6.07, 6.45) is 1.74. The number of anilines is 1. The Morgan fingerprint density at radius 3 is 2.79 bits per heavy atom. The van der Waals surface area contributed by atoms with Crippen molar-refractivity contribution in [2.24, 2.45) is 7.05 Å². The van der Waals surface area contributed by atoms with Crippen LogP contribution in [0.1, 0.15) is 0 Å². The number of aliphatic hydroxyl groups is 1. The highest BCUT2D eigenvalue weighted by molar-refractivity contribution is 5.93. The number of hydrogen-bond acceptors (Lipinski definition) is 3. The first-order valence-electron chi connectivity index (χ1n) is 5.95. The summed E-state index contributed by atoms with van der Waals surface area (Å²) in [6.45, 7) is 0.124. The Morgan fingerprint density at radius 2 is 2.11 bits per heavy atom. The molecule has 19 heavy (non-hydrogen) atoms. The first-order valence-corrected chi connectivity index (χ1v) is 5.95. The average Bonchev–Trinajstić information content (AvgIpc) is 2.78. The molecule has 100 valence electrons. The van der Waals surface area contributed by atoms with Crippen LogP contribution in [0.2, 0.25) is 0 Å². The highest BCUT2D eigenvalue weighted by Gasteiger charge is 2.12. The van der Waals surface area contributed by atoms with E-state index in [0.29, 0.717) is 11.4 Å². The van der Waals surface area contributed by atoms with Crippen LogP contribution < -0.4 is 10.6 Å². The molecular formula is C13H16N4O2. The first-order chi connectivity index (χ1) is 9.20. The Balaban J connectivity index is 2.20. The summed E-state index contributed by atoms with van der Waals surface area (Å²) in [5, 5.41) is 18.2. The van der Waals surface area contributed by atoms with Gasteiger partial charge in [0.15, 0.2) is 0 Å². The number of hydrogen-bond donors (Lipinski definition) is 3. The van der Waals surface area contributed by atoms with Gasteiger partial charge in [0.05, 0.1) is 12.3 Å². The lowest BCUT2D eigenvalue weighted by Gasteiger charge is -2.06. The van der Waals surface area contributed by atoms with Gasteiger partial charge in [-0.15, -0.1) is 0 Å². The number of nitrogens with one attached hydrogen (secondary N) is 2. The Morgan fingerprint density at radius 1 is 1.37 bits per heavy atom. The third kappa shape index (κ3) is 3.32. The highest BCUT2D eigenvalue weighted by Crippen LogP contribution is 2.25. The van der Waals surface area contributed by atoms with Crippen LogP contribution in [0.25, 0.3) is 11.3 Å². The molecule has 0 aliphatic rings. The van der Waals surface area contributed by atoms with Gasteiger partial charge in [0.25, 0.3) is 0 Å². The number of benzene rings is 1. The van der Waals surface area contributed by atoms with Crippen LogP contribution >= 0.6 is 0 Å². The standard InChI is InChI=1S/C13H16N4O2/c1-17-9-11(15-13(19)14-7-8-18)12(16-17)10-5-3-2-4-6-10/h2-6,9,18H,7-8H2,1H3,(H2,14,15,19). The van der Waals surface area contributed by atoms with Gasteiger partial charge in [-0.1, -0.05) is 30.3 Å². The molecule has 3 N–H and O–H groups in total. The van der Waals surface area contributed by atoms with Gasteiger partial charge in [0, 0.05) is 25.4 Å². The van der Waals surface area contributed by atoms with E-state index >= 15 is 0 Å². The van der Waals surface area contributed by atoms with E-state index in [2.05, 4.69) is 15.7 Å². The molecule has 1 aromatic carbocycles. The summed E-state index contributed by atoms with van der Waals surface area (Å²) < 4.78 is 1.64. The van der Waals surface area contributed by atoms with E-state index in [9.17, 15) is 4.79 Å². The number of nitrogens with zero attached hydrogens (tertiary/aromatic N) is 2. The second-order valence-corrected chi connectivity index (χ2v) is 4.04. The fourth-order valence-corrected chi connectivity index (χ4v) is 1.73. The van der Waals surface area contributed by atoms with E-state index in [1.54, 1.807) is 17.9 Å². The van der Waals surface area contributed by atoms with Crippen molar-refractivity contribution in [3.8, 4) is 11.3 Å². The number of rotatable bonds is 4. The van der Waals surface area contributed by atoms with Crippen molar-refractivity contribution in [3.63, 3.8) is 0 Å². The van der Waals surface area contributed by atoms with E-state index in [1.165, 1.54) is 0 Å². The predicted octanol–water partition coefficient (Wildman–Crippen LogP) is 1.20. The summed E-state index contributed by atoms with van der Waals surface area (Å²) in [4.78, 5) is 11.6. The number of carbonyl (C=O) groups is 1. The zero-order valence-electron chi connectivity index (χ0n) is 10.6. The minimum atomic E-state index is -0.362. The number of urea groups is 1. The van der Waals surface area contributed by atoms with Gasteiger partial charge in [0.2, 0.25) is 0 Å². The van der Waals surface area contributed by atoms with E-state index in [1.807, 2.05) is 30.3 Å². The molecule has 0 aliphatic carbocycles.